The molecule has 2 N–H and O–H groups in total. The molecule has 1 rings (SSSR count). The van der Waals surface area contributed by atoms with E-state index in [1.54, 1.807) is 23.5 Å². The number of nitrogens with one attached hydrogen (secondary N) is 1. The van der Waals surface area contributed by atoms with Crippen molar-refractivity contribution in [2.24, 2.45) is 0 Å². The Morgan fingerprint density at radius 1 is 1.14 bits per heavy atom. The molecule has 0 aliphatic heterocycles. The lowest BCUT2D eigenvalue weighted by molar-refractivity contribution is -0.141. The van der Waals surface area contributed by atoms with Gasteiger partial charge in [0.15, 0.2) is 0 Å². The fourth-order valence-corrected chi connectivity index (χ4v) is 1.56. The maximum atomic E-state index is 12.0. The van der Waals surface area contributed by atoms with E-state index in [1.807, 2.05) is 0 Å². The first-order valence-corrected chi connectivity index (χ1v) is 6.09. The summed E-state index contributed by atoms with van der Waals surface area (Å²) in [5.41, 5.74) is 0.235. The largest absolute Gasteiger partial charge is 0.480 e. The Labute approximate surface area is 123 Å². The van der Waals surface area contributed by atoms with Gasteiger partial charge in [0.05, 0.1) is 0 Å². The number of carbonyl (C=O) groups is 3. The van der Waals surface area contributed by atoms with Crippen molar-refractivity contribution >= 4 is 23.5 Å². The summed E-state index contributed by atoms with van der Waals surface area (Å²) in [5, 5.41) is 10.3. The van der Waals surface area contributed by atoms with E-state index in [1.165, 1.54) is 12.1 Å². The molecular weight excluding hydrogens is 305 g/mol. The van der Waals surface area contributed by atoms with Crippen LogP contribution in [0.25, 0.3) is 0 Å². The van der Waals surface area contributed by atoms with Crippen LogP contribution in [0.5, 0.6) is 0 Å². The van der Waals surface area contributed by atoms with Gasteiger partial charge in [0.2, 0.25) is 11.8 Å². The summed E-state index contributed by atoms with van der Waals surface area (Å²) in [6.45, 7) is -2.25. The molecule has 0 saturated carbocycles. The molecule has 0 radical (unpaired) electrons. The van der Waals surface area contributed by atoms with Crippen LogP contribution in [0.1, 0.15) is 6.42 Å². The molecule has 2 amide bonds. The van der Waals surface area contributed by atoms with Crippen LogP contribution in [0.2, 0.25) is 0 Å². The summed E-state index contributed by atoms with van der Waals surface area (Å²) in [7, 11) is 0. The highest BCUT2D eigenvalue weighted by Crippen LogP contribution is 2.15. The Bertz CT molecular complexity index is 546. The normalized spacial score (nSPS) is 10.9. The second-order valence-electron chi connectivity index (χ2n) is 4.28. The monoisotopic (exact) mass is 318 g/mol. The van der Waals surface area contributed by atoms with E-state index in [9.17, 15) is 27.6 Å². The summed E-state index contributed by atoms with van der Waals surface area (Å²) in [5.74, 6) is -3.35. The number of anilines is 1. The van der Waals surface area contributed by atoms with Gasteiger partial charge >= 0.3 is 12.1 Å². The molecule has 0 heterocycles. The van der Waals surface area contributed by atoms with Crippen LogP contribution < -0.4 is 10.2 Å². The molecule has 0 unspecified atom stereocenters. The molecule has 22 heavy (non-hydrogen) atoms. The zero-order valence-corrected chi connectivity index (χ0v) is 11.3. The summed E-state index contributed by atoms with van der Waals surface area (Å²) in [6, 6.07) is 7.66. The molecule has 9 heteroatoms. The lowest BCUT2D eigenvalue weighted by Crippen LogP contribution is -2.40. The van der Waals surface area contributed by atoms with Crippen LogP contribution in [0.15, 0.2) is 30.3 Å². The van der Waals surface area contributed by atoms with Gasteiger partial charge in [0.1, 0.15) is 19.5 Å². The predicted octanol–water partition coefficient (Wildman–Crippen LogP) is 1.17. The number of halogens is 3. The predicted molar refractivity (Wildman–Crippen MR) is 70.1 cm³/mol. The molecule has 6 nitrogen and oxygen atoms in total. The minimum atomic E-state index is -4.58. The highest BCUT2D eigenvalue weighted by molar-refractivity contribution is 6.06. The Hall–Kier alpha value is -2.58. The number of amides is 2. The number of hydrogen-bond acceptors (Lipinski definition) is 3. The number of alkyl halides is 3. The number of rotatable bonds is 6. The van der Waals surface area contributed by atoms with Crippen molar-refractivity contribution in [3.63, 3.8) is 0 Å². The molecule has 0 aliphatic carbocycles. The van der Waals surface area contributed by atoms with Gasteiger partial charge in [0.25, 0.3) is 0 Å². The first-order chi connectivity index (χ1) is 10.2. The lowest BCUT2D eigenvalue weighted by atomic mass is 10.2. The smallest absolute Gasteiger partial charge is 0.405 e. The van der Waals surface area contributed by atoms with Crippen LogP contribution in [0.3, 0.4) is 0 Å². The van der Waals surface area contributed by atoms with Gasteiger partial charge in [-0.05, 0) is 12.1 Å². The molecule has 0 atom stereocenters. The van der Waals surface area contributed by atoms with Crippen molar-refractivity contribution < 1.29 is 32.7 Å². The number of nitrogens with zero attached hydrogens (tertiary/aromatic N) is 1. The Morgan fingerprint density at radius 3 is 2.23 bits per heavy atom. The van der Waals surface area contributed by atoms with E-state index in [-0.39, 0.29) is 5.69 Å². The Balaban J connectivity index is 2.73. The maximum Gasteiger partial charge on any atom is 0.405 e. The van der Waals surface area contributed by atoms with E-state index in [0.717, 1.165) is 4.90 Å². The lowest BCUT2D eigenvalue weighted by Gasteiger charge is -2.20. The van der Waals surface area contributed by atoms with Gasteiger partial charge in [0, 0.05) is 5.69 Å². The van der Waals surface area contributed by atoms with Crippen LogP contribution in [0, 0.1) is 0 Å². The number of hydrogen-bond donors (Lipinski definition) is 2. The van der Waals surface area contributed by atoms with Gasteiger partial charge in [-0.2, -0.15) is 13.2 Å². The van der Waals surface area contributed by atoms with Crippen molar-refractivity contribution in [2.75, 3.05) is 18.0 Å². The molecule has 0 bridgehead atoms. The van der Waals surface area contributed by atoms with Gasteiger partial charge < -0.3 is 15.3 Å². The molecule has 0 aromatic heterocycles. The first-order valence-electron chi connectivity index (χ1n) is 6.09. The minimum Gasteiger partial charge on any atom is -0.480 e. The number of carboxylic acid groups (broad SMARTS) is 1. The highest BCUT2D eigenvalue weighted by atomic mass is 19.4. The molecular formula is C13H13F3N2O4. The van der Waals surface area contributed by atoms with E-state index in [4.69, 9.17) is 5.11 Å². The quantitative estimate of drug-likeness (QED) is 0.771. The highest BCUT2D eigenvalue weighted by Gasteiger charge is 2.29. The molecule has 0 fully saturated rings. The molecule has 0 saturated heterocycles. The van der Waals surface area contributed by atoms with Crippen LogP contribution in [0.4, 0.5) is 18.9 Å². The SMILES string of the molecule is O=C(O)CN(C(=O)CC(=O)NCC(F)(F)F)c1ccccc1. The summed E-state index contributed by atoms with van der Waals surface area (Å²) >= 11 is 0. The third-order valence-corrected chi connectivity index (χ3v) is 2.46. The van der Waals surface area contributed by atoms with Crippen molar-refractivity contribution in [2.45, 2.75) is 12.6 Å². The third-order valence-electron chi connectivity index (χ3n) is 2.46. The molecule has 120 valence electrons. The van der Waals surface area contributed by atoms with Crippen molar-refractivity contribution in [3.8, 4) is 0 Å². The number of carbonyl (C=O) groups excluding carboxylic acids is 2. The molecule has 1 aromatic carbocycles. The minimum absolute atomic E-state index is 0.235. The van der Waals surface area contributed by atoms with Crippen molar-refractivity contribution in [1.82, 2.24) is 5.32 Å². The maximum absolute atomic E-state index is 12.0. The molecule has 1 aromatic rings. The van der Waals surface area contributed by atoms with Crippen molar-refractivity contribution in [3.05, 3.63) is 30.3 Å². The summed E-state index contributed by atoms with van der Waals surface area (Å²) in [4.78, 5) is 34.9. The van der Waals surface area contributed by atoms with E-state index in [2.05, 4.69) is 0 Å². The second kappa shape index (κ2) is 7.43. The topological polar surface area (TPSA) is 86.7 Å². The number of aliphatic carboxylic acids is 1. The van der Waals surface area contributed by atoms with E-state index in [0.29, 0.717) is 0 Å². The molecule has 0 aliphatic rings. The first kappa shape index (κ1) is 17.5. The third kappa shape index (κ3) is 6.25. The zero-order chi connectivity index (χ0) is 16.8. The van der Waals surface area contributed by atoms with Gasteiger partial charge in [-0.3, -0.25) is 14.4 Å². The summed E-state index contributed by atoms with van der Waals surface area (Å²) in [6.07, 6.45) is -5.46. The Kier molecular flexibility index (Phi) is 5.90. The van der Waals surface area contributed by atoms with E-state index < -0.39 is 43.5 Å². The van der Waals surface area contributed by atoms with Gasteiger partial charge in [-0.15, -0.1) is 0 Å². The molecule has 0 spiro atoms. The average Bonchev–Trinajstić information content (AvgIpc) is 2.42. The zero-order valence-electron chi connectivity index (χ0n) is 11.3. The number of benzene rings is 1. The average molecular weight is 318 g/mol. The fraction of sp³-hybridized carbons (Fsp3) is 0.308. The van der Waals surface area contributed by atoms with Gasteiger partial charge in [-0.1, -0.05) is 18.2 Å². The van der Waals surface area contributed by atoms with Crippen LogP contribution in [-0.2, 0) is 14.4 Å². The fourth-order valence-electron chi connectivity index (χ4n) is 1.56. The van der Waals surface area contributed by atoms with Crippen LogP contribution in [-0.4, -0.2) is 42.2 Å². The van der Waals surface area contributed by atoms with Crippen molar-refractivity contribution in [1.29, 1.82) is 0 Å². The second-order valence-corrected chi connectivity index (χ2v) is 4.28. The van der Waals surface area contributed by atoms with Gasteiger partial charge in [-0.25, -0.2) is 0 Å². The number of carboxylic acids is 1. The van der Waals surface area contributed by atoms with Crippen LogP contribution >= 0.6 is 0 Å². The summed E-state index contributed by atoms with van der Waals surface area (Å²) < 4.78 is 35.9. The van der Waals surface area contributed by atoms with E-state index >= 15 is 0 Å². The Morgan fingerprint density at radius 2 is 1.73 bits per heavy atom. The standard InChI is InChI=1S/C13H13F3N2O4/c14-13(15,16)8-17-10(19)6-11(20)18(7-12(21)22)9-4-2-1-3-5-9/h1-5H,6-8H2,(H,17,19)(H,21,22). The number of para-hydroxylation sites is 1.